The van der Waals surface area contributed by atoms with Gasteiger partial charge in [0.15, 0.2) is 0 Å². The Balaban J connectivity index is 1.50. The van der Waals surface area contributed by atoms with Gasteiger partial charge in [0.05, 0.1) is 18.2 Å². The molecule has 1 unspecified atom stereocenters. The number of methoxy groups -OCH3 is 1. The number of fused-ring (bicyclic) bond motifs is 2. The molecule has 31 heavy (non-hydrogen) atoms. The molecule has 1 aromatic heterocycles. The molecule has 0 radical (unpaired) electrons. The molecule has 1 saturated heterocycles. The van der Waals surface area contributed by atoms with Crippen LogP contribution >= 0.6 is 0 Å². The van der Waals surface area contributed by atoms with Crippen LogP contribution in [0.15, 0.2) is 60.7 Å². The summed E-state index contributed by atoms with van der Waals surface area (Å²) in [7, 11) is 1.62. The van der Waals surface area contributed by atoms with E-state index < -0.39 is 5.60 Å². The Hall–Kier alpha value is -2.92. The Morgan fingerprint density at radius 1 is 1.10 bits per heavy atom. The summed E-state index contributed by atoms with van der Waals surface area (Å²) >= 11 is 0. The third-order valence-corrected chi connectivity index (χ3v) is 7.13. The maximum Gasteiger partial charge on any atom is 0.272 e. The van der Waals surface area contributed by atoms with Crippen molar-refractivity contribution >= 4 is 16.8 Å². The zero-order chi connectivity index (χ0) is 21.4. The third-order valence-electron chi connectivity index (χ3n) is 7.13. The summed E-state index contributed by atoms with van der Waals surface area (Å²) in [6, 6.07) is 19.4. The van der Waals surface area contributed by atoms with Crippen molar-refractivity contribution in [3.63, 3.8) is 0 Å². The minimum Gasteiger partial charge on any atom is -0.496 e. The first-order chi connectivity index (χ1) is 15.1. The summed E-state index contributed by atoms with van der Waals surface area (Å²) in [6.45, 7) is 0.516. The first kappa shape index (κ1) is 20.0. The Kier molecular flexibility index (Phi) is 5.14. The van der Waals surface area contributed by atoms with Gasteiger partial charge in [-0.15, -0.1) is 0 Å². The van der Waals surface area contributed by atoms with Crippen LogP contribution in [0.25, 0.3) is 10.9 Å². The number of carbonyl (C=O) groups is 1. The highest BCUT2D eigenvalue weighted by atomic mass is 16.5. The van der Waals surface area contributed by atoms with E-state index in [4.69, 9.17) is 4.74 Å². The van der Waals surface area contributed by atoms with Crippen LogP contribution in [0.1, 0.15) is 48.2 Å². The smallest absolute Gasteiger partial charge is 0.272 e. The Labute approximate surface area is 182 Å². The van der Waals surface area contributed by atoms with Gasteiger partial charge >= 0.3 is 0 Å². The molecular formula is C26H28N2O3. The molecule has 2 fully saturated rings. The van der Waals surface area contributed by atoms with E-state index in [1.807, 2.05) is 59.5 Å². The zero-order valence-corrected chi connectivity index (χ0v) is 17.8. The Morgan fingerprint density at radius 3 is 2.65 bits per heavy atom. The Morgan fingerprint density at radius 2 is 1.84 bits per heavy atom. The highest BCUT2D eigenvalue weighted by Gasteiger charge is 2.50. The summed E-state index contributed by atoms with van der Waals surface area (Å²) < 4.78 is 5.55. The Bertz CT molecular complexity index is 1100. The number of piperidine rings is 1. The minimum atomic E-state index is -0.891. The fourth-order valence-electron chi connectivity index (χ4n) is 5.59. The number of nitrogens with zero attached hydrogens (tertiary/aromatic N) is 2. The molecule has 2 aliphatic rings. The minimum absolute atomic E-state index is 0.0134. The number of hydrogen-bond donors (Lipinski definition) is 1. The van der Waals surface area contributed by atoms with E-state index in [-0.39, 0.29) is 17.9 Å². The molecule has 2 aromatic carbocycles. The lowest BCUT2D eigenvalue weighted by atomic mass is 9.66. The van der Waals surface area contributed by atoms with Crippen molar-refractivity contribution in [3.05, 3.63) is 71.9 Å². The first-order valence-corrected chi connectivity index (χ1v) is 11.1. The zero-order valence-electron chi connectivity index (χ0n) is 17.8. The largest absolute Gasteiger partial charge is 0.496 e. The van der Waals surface area contributed by atoms with E-state index in [2.05, 4.69) is 4.98 Å². The molecule has 1 amide bonds. The quantitative estimate of drug-likeness (QED) is 0.681. The standard InChI is InChI=1S/C26H28N2O3/c1-31-24-17-22(27-21-13-7-5-11-19(21)24)25(29)28-16-15-26(30,18-9-3-2-4-10-18)20-12-6-8-14-23(20)28/h2-5,7,9-11,13,17,20,23,30H,6,8,12,14-16H2,1H3/t20-,23+,26?/m1/s1. The molecule has 1 aliphatic heterocycles. The van der Waals surface area contributed by atoms with Crippen molar-refractivity contribution in [1.29, 1.82) is 0 Å². The van der Waals surface area contributed by atoms with Crippen molar-refractivity contribution < 1.29 is 14.6 Å². The second-order valence-corrected chi connectivity index (χ2v) is 8.72. The number of likely N-dealkylation sites (tertiary alicyclic amines) is 1. The van der Waals surface area contributed by atoms with Gasteiger partial charge in [-0.2, -0.15) is 0 Å². The van der Waals surface area contributed by atoms with Crippen LogP contribution in [0.4, 0.5) is 0 Å². The van der Waals surface area contributed by atoms with E-state index >= 15 is 0 Å². The normalized spacial score (nSPS) is 25.8. The van der Waals surface area contributed by atoms with Gasteiger partial charge in [-0.05, 0) is 37.0 Å². The van der Waals surface area contributed by atoms with Crippen LogP contribution in [0, 0.1) is 5.92 Å². The van der Waals surface area contributed by atoms with Crippen LogP contribution in [0.5, 0.6) is 5.75 Å². The summed E-state index contributed by atoms with van der Waals surface area (Å²) in [6.07, 6.45) is 4.53. The van der Waals surface area contributed by atoms with Crippen LogP contribution in [0.2, 0.25) is 0 Å². The number of carbonyl (C=O) groups excluding carboxylic acids is 1. The number of para-hydroxylation sites is 1. The number of benzene rings is 2. The van der Waals surface area contributed by atoms with Crippen molar-refractivity contribution in [1.82, 2.24) is 9.88 Å². The topological polar surface area (TPSA) is 62.7 Å². The van der Waals surface area contributed by atoms with Crippen molar-refractivity contribution in [2.45, 2.75) is 43.7 Å². The SMILES string of the molecule is COc1cc(C(=O)N2CCC(O)(c3ccccc3)[C@@H]3CCCC[C@@H]32)nc2ccccc12. The number of hydrogen-bond acceptors (Lipinski definition) is 4. The molecule has 0 bridgehead atoms. The number of rotatable bonds is 3. The second kappa shape index (κ2) is 7.97. The van der Waals surface area contributed by atoms with Crippen molar-refractivity contribution in [3.8, 4) is 5.75 Å². The molecule has 2 heterocycles. The highest BCUT2D eigenvalue weighted by molar-refractivity contribution is 5.97. The van der Waals surface area contributed by atoms with E-state index in [0.29, 0.717) is 24.4 Å². The monoisotopic (exact) mass is 416 g/mol. The number of aliphatic hydroxyl groups is 1. The lowest BCUT2D eigenvalue weighted by Crippen LogP contribution is -2.59. The van der Waals surface area contributed by atoms with E-state index in [9.17, 15) is 9.90 Å². The molecule has 3 atom stereocenters. The fourth-order valence-corrected chi connectivity index (χ4v) is 5.59. The molecule has 5 heteroatoms. The van der Waals surface area contributed by atoms with Crippen LogP contribution in [-0.4, -0.2) is 40.6 Å². The van der Waals surface area contributed by atoms with Crippen molar-refractivity contribution in [2.75, 3.05) is 13.7 Å². The van der Waals surface area contributed by atoms with Gasteiger partial charge in [0.25, 0.3) is 5.91 Å². The van der Waals surface area contributed by atoms with Gasteiger partial charge in [-0.1, -0.05) is 55.3 Å². The molecule has 1 aliphatic carbocycles. The van der Waals surface area contributed by atoms with Crippen molar-refractivity contribution in [2.24, 2.45) is 5.92 Å². The van der Waals surface area contributed by atoms with Crippen LogP contribution in [0.3, 0.4) is 0 Å². The number of aromatic nitrogens is 1. The molecule has 1 N–H and O–H groups in total. The van der Waals surface area contributed by atoms with Gasteiger partial charge < -0.3 is 14.7 Å². The average Bonchev–Trinajstić information content (AvgIpc) is 2.84. The van der Waals surface area contributed by atoms with Crippen LogP contribution < -0.4 is 4.74 Å². The summed E-state index contributed by atoms with van der Waals surface area (Å²) in [5.41, 5.74) is 1.23. The predicted octanol–water partition coefficient (Wildman–Crippen LogP) is 4.54. The molecule has 5 rings (SSSR count). The average molecular weight is 417 g/mol. The second-order valence-electron chi connectivity index (χ2n) is 8.72. The number of ether oxygens (including phenoxy) is 1. The lowest BCUT2D eigenvalue weighted by Gasteiger charge is -2.52. The van der Waals surface area contributed by atoms with Gasteiger partial charge in [-0.25, -0.2) is 4.98 Å². The maximum atomic E-state index is 13.6. The molecule has 160 valence electrons. The van der Waals surface area contributed by atoms with Crippen LogP contribution in [-0.2, 0) is 5.60 Å². The van der Waals surface area contributed by atoms with Gasteiger partial charge in [0, 0.05) is 30.0 Å². The third kappa shape index (κ3) is 3.37. The number of pyridine rings is 1. The highest BCUT2D eigenvalue weighted by Crippen LogP contribution is 2.47. The van der Waals surface area contributed by atoms with E-state index in [0.717, 1.165) is 42.1 Å². The number of amides is 1. The molecule has 1 saturated carbocycles. The summed E-state index contributed by atoms with van der Waals surface area (Å²) in [4.78, 5) is 20.3. The van der Waals surface area contributed by atoms with Gasteiger partial charge in [0.2, 0.25) is 0 Å². The molecule has 3 aromatic rings. The van der Waals surface area contributed by atoms with E-state index in [1.165, 1.54) is 0 Å². The first-order valence-electron chi connectivity index (χ1n) is 11.1. The lowest BCUT2D eigenvalue weighted by molar-refractivity contribution is -0.110. The maximum absolute atomic E-state index is 13.6. The predicted molar refractivity (Wildman–Crippen MR) is 120 cm³/mol. The summed E-state index contributed by atoms with van der Waals surface area (Å²) in [5, 5.41) is 12.7. The van der Waals surface area contributed by atoms with Gasteiger partial charge in [-0.3, -0.25) is 4.79 Å². The van der Waals surface area contributed by atoms with Gasteiger partial charge in [0.1, 0.15) is 11.4 Å². The molecule has 5 nitrogen and oxygen atoms in total. The summed E-state index contributed by atoms with van der Waals surface area (Å²) in [5.74, 6) is 0.617. The van der Waals surface area contributed by atoms with E-state index in [1.54, 1.807) is 13.2 Å². The fraction of sp³-hybridized carbons (Fsp3) is 0.385. The molecular weight excluding hydrogens is 388 g/mol. The molecule has 0 spiro atoms.